The third kappa shape index (κ3) is 5.95. The van der Waals surface area contributed by atoms with Crippen LogP contribution in [-0.4, -0.2) is 31.5 Å². The summed E-state index contributed by atoms with van der Waals surface area (Å²) in [5.41, 5.74) is 3.82. The molecule has 0 aliphatic rings. The zero-order chi connectivity index (χ0) is 21.2. The van der Waals surface area contributed by atoms with Crippen LogP contribution in [-0.2, 0) is 11.2 Å². The maximum absolute atomic E-state index is 12.3. The molecule has 5 nitrogen and oxygen atoms in total. The highest BCUT2D eigenvalue weighted by Crippen LogP contribution is 2.19. The molecule has 0 bridgehead atoms. The van der Waals surface area contributed by atoms with E-state index < -0.39 is 0 Å². The Balaban J connectivity index is 1.38. The first kappa shape index (κ1) is 21.1. The Labute approximate surface area is 177 Å². The van der Waals surface area contributed by atoms with Crippen LogP contribution in [0, 0.1) is 0 Å². The minimum atomic E-state index is -0.220. The van der Waals surface area contributed by atoms with Gasteiger partial charge in [-0.1, -0.05) is 67.6 Å². The van der Waals surface area contributed by atoms with Crippen molar-refractivity contribution in [1.82, 2.24) is 10.6 Å². The summed E-state index contributed by atoms with van der Waals surface area (Å²) in [6, 6.07) is 25.1. The molecular formula is C25H26N2O3. The lowest BCUT2D eigenvalue weighted by molar-refractivity contribution is -0.123. The van der Waals surface area contributed by atoms with Gasteiger partial charge in [-0.2, -0.15) is 0 Å². The van der Waals surface area contributed by atoms with E-state index >= 15 is 0 Å². The molecule has 0 fully saturated rings. The summed E-state index contributed by atoms with van der Waals surface area (Å²) >= 11 is 0. The van der Waals surface area contributed by atoms with E-state index in [0.717, 1.165) is 28.9 Å². The second-order valence-electron chi connectivity index (χ2n) is 6.80. The number of para-hydroxylation sites is 1. The zero-order valence-electron chi connectivity index (χ0n) is 17.1. The predicted octanol–water partition coefficient (Wildman–Crippen LogP) is 3.84. The number of nitrogens with one attached hydrogen (secondary N) is 2. The van der Waals surface area contributed by atoms with Crippen molar-refractivity contribution in [1.29, 1.82) is 0 Å². The maximum atomic E-state index is 12.3. The molecule has 2 N–H and O–H groups in total. The number of ether oxygens (including phenoxy) is 1. The van der Waals surface area contributed by atoms with Crippen molar-refractivity contribution < 1.29 is 14.3 Å². The fourth-order valence-electron chi connectivity index (χ4n) is 3.06. The molecule has 0 heterocycles. The van der Waals surface area contributed by atoms with Crippen LogP contribution in [0.5, 0.6) is 5.75 Å². The number of carbonyl (C=O) groups excluding carboxylic acids is 2. The third-order valence-corrected chi connectivity index (χ3v) is 4.70. The van der Waals surface area contributed by atoms with Crippen molar-refractivity contribution >= 4 is 11.8 Å². The molecule has 3 aromatic rings. The van der Waals surface area contributed by atoms with Crippen molar-refractivity contribution in [2.24, 2.45) is 0 Å². The van der Waals surface area contributed by atoms with Gasteiger partial charge in [0.1, 0.15) is 5.75 Å². The highest BCUT2D eigenvalue weighted by Gasteiger charge is 2.07. The molecule has 30 heavy (non-hydrogen) atoms. The van der Waals surface area contributed by atoms with E-state index in [4.69, 9.17) is 4.74 Å². The quantitative estimate of drug-likeness (QED) is 0.535. The number of hydrogen-bond acceptors (Lipinski definition) is 3. The van der Waals surface area contributed by atoms with E-state index in [-0.39, 0.29) is 18.4 Å². The molecular weight excluding hydrogens is 376 g/mol. The van der Waals surface area contributed by atoms with E-state index in [0.29, 0.717) is 18.7 Å². The van der Waals surface area contributed by atoms with E-state index in [2.05, 4.69) is 10.6 Å². The summed E-state index contributed by atoms with van der Waals surface area (Å²) in [6.45, 7) is 2.67. The topological polar surface area (TPSA) is 67.4 Å². The summed E-state index contributed by atoms with van der Waals surface area (Å²) in [5, 5.41) is 5.56. The standard InChI is InChI=1S/C25H26N2O3/c1-2-19-8-6-7-11-23(19)30-18-24(28)26-16-17-27-25(29)22-14-12-21(13-15-22)20-9-4-3-5-10-20/h3-15H,2,16-18H2,1H3,(H,26,28)(H,27,29). The summed E-state index contributed by atoms with van der Waals surface area (Å²) in [7, 11) is 0. The first-order valence-corrected chi connectivity index (χ1v) is 10.1. The third-order valence-electron chi connectivity index (χ3n) is 4.70. The molecule has 0 aliphatic heterocycles. The van der Waals surface area contributed by atoms with Gasteiger partial charge in [-0.25, -0.2) is 0 Å². The lowest BCUT2D eigenvalue weighted by Gasteiger charge is -2.11. The molecule has 0 spiro atoms. The second-order valence-corrected chi connectivity index (χ2v) is 6.80. The summed E-state index contributed by atoms with van der Waals surface area (Å²) in [4.78, 5) is 24.2. The van der Waals surface area contributed by atoms with Gasteiger partial charge in [-0.3, -0.25) is 9.59 Å². The molecule has 5 heteroatoms. The Kier molecular flexibility index (Phi) is 7.61. The van der Waals surface area contributed by atoms with Crippen molar-refractivity contribution in [2.45, 2.75) is 13.3 Å². The Morgan fingerprint density at radius 3 is 2.13 bits per heavy atom. The first-order valence-electron chi connectivity index (χ1n) is 10.1. The van der Waals surface area contributed by atoms with Gasteiger partial charge in [0.05, 0.1) is 0 Å². The number of hydrogen-bond donors (Lipinski definition) is 2. The van der Waals surface area contributed by atoms with Gasteiger partial charge in [0.15, 0.2) is 6.61 Å². The Hall–Kier alpha value is -3.60. The average Bonchev–Trinajstić information content (AvgIpc) is 2.81. The van der Waals surface area contributed by atoms with E-state index in [9.17, 15) is 9.59 Å². The Morgan fingerprint density at radius 2 is 1.40 bits per heavy atom. The molecule has 0 aliphatic carbocycles. The van der Waals surface area contributed by atoms with Gasteiger partial charge in [0, 0.05) is 18.7 Å². The minimum absolute atomic E-state index is 0.0497. The average molecular weight is 402 g/mol. The van der Waals surface area contributed by atoms with Crippen LogP contribution in [0.3, 0.4) is 0 Å². The van der Waals surface area contributed by atoms with E-state index in [1.165, 1.54) is 0 Å². The molecule has 2 amide bonds. The molecule has 0 unspecified atom stereocenters. The second kappa shape index (κ2) is 10.8. The fraction of sp³-hybridized carbons (Fsp3) is 0.200. The molecule has 0 aromatic heterocycles. The SMILES string of the molecule is CCc1ccccc1OCC(=O)NCCNC(=O)c1ccc(-c2ccccc2)cc1. The van der Waals surface area contributed by atoms with Crippen LogP contribution >= 0.6 is 0 Å². The normalized spacial score (nSPS) is 10.3. The Morgan fingerprint density at radius 1 is 0.767 bits per heavy atom. The number of amides is 2. The summed E-state index contributed by atoms with van der Waals surface area (Å²) in [5.74, 6) is 0.335. The van der Waals surface area contributed by atoms with Crippen LogP contribution in [0.25, 0.3) is 11.1 Å². The summed E-state index contributed by atoms with van der Waals surface area (Å²) < 4.78 is 5.59. The largest absolute Gasteiger partial charge is 0.483 e. The predicted molar refractivity (Wildman–Crippen MR) is 119 cm³/mol. The highest BCUT2D eigenvalue weighted by molar-refractivity contribution is 5.94. The van der Waals surface area contributed by atoms with Gasteiger partial charge in [-0.05, 0) is 41.3 Å². The summed E-state index contributed by atoms with van der Waals surface area (Å²) in [6.07, 6.45) is 0.843. The van der Waals surface area contributed by atoms with E-state index in [1.807, 2.05) is 73.7 Å². The van der Waals surface area contributed by atoms with Gasteiger partial charge in [0.2, 0.25) is 0 Å². The van der Waals surface area contributed by atoms with Crippen molar-refractivity contribution in [3.63, 3.8) is 0 Å². The molecule has 3 rings (SSSR count). The number of rotatable bonds is 9. The van der Waals surface area contributed by atoms with Crippen LogP contribution in [0.4, 0.5) is 0 Å². The molecule has 154 valence electrons. The van der Waals surface area contributed by atoms with Gasteiger partial charge >= 0.3 is 0 Å². The lowest BCUT2D eigenvalue weighted by Crippen LogP contribution is -2.36. The van der Waals surface area contributed by atoms with Crippen molar-refractivity contribution in [2.75, 3.05) is 19.7 Å². The van der Waals surface area contributed by atoms with E-state index in [1.54, 1.807) is 12.1 Å². The first-order chi connectivity index (χ1) is 14.7. The zero-order valence-corrected chi connectivity index (χ0v) is 17.1. The minimum Gasteiger partial charge on any atom is -0.483 e. The smallest absolute Gasteiger partial charge is 0.258 e. The number of aryl methyl sites for hydroxylation is 1. The highest BCUT2D eigenvalue weighted by atomic mass is 16.5. The van der Waals surface area contributed by atoms with Gasteiger partial charge in [-0.15, -0.1) is 0 Å². The van der Waals surface area contributed by atoms with Crippen LogP contribution in [0.2, 0.25) is 0 Å². The van der Waals surface area contributed by atoms with Crippen LogP contribution in [0.1, 0.15) is 22.8 Å². The maximum Gasteiger partial charge on any atom is 0.258 e. The lowest BCUT2D eigenvalue weighted by atomic mass is 10.0. The number of benzene rings is 3. The Bertz CT molecular complexity index is 969. The van der Waals surface area contributed by atoms with Crippen LogP contribution < -0.4 is 15.4 Å². The molecule has 3 aromatic carbocycles. The van der Waals surface area contributed by atoms with Crippen molar-refractivity contribution in [3.8, 4) is 16.9 Å². The van der Waals surface area contributed by atoms with Gasteiger partial charge < -0.3 is 15.4 Å². The molecule has 0 saturated heterocycles. The number of carbonyl (C=O) groups is 2. The molecule has 0 atom stereocenters. The molecule has 0 saturated carbocycles. The van der Waals surface area contributed by atoms with Crippen LogP contribution in [0.15, 0.2) is 78.9 Å². The van der Waals surface area contributed by atoms with Gasteiger partial charge in [0.25, 0.3) is 11.8 Å². The molecule has 0 radical (unpaired) electrons. The monoisotopic (exact) mass is 402 g/mol. The van der Waals surface area contributed by atoms with Crippen molar-refractivity contribution in [3.05, 3.63) is 90.0 Å². The fourth-order valence-corrected chi connectivity index (χ4v) is 3.06.